The van der Waals surface area contributed by atoms with Crippen LogP contribution in [0.1, 0.15) is 12.6 Å². The zero-order valence-corrected chi connectivity index (χ0v) is 11.7. The number of nitrogens with zero attached hydrogens (tertiary/aromatic N) is 1. The predicted molar refractivity (Wildman–Crippen MR) is 75.7 cm³/mol. The predicted octanol–water partition coefficient (Wildman–Crippen LogP) is 2.02. The molecule has 18 heavy (non-hydrogen) atoms. The van der Waals surface area contributed by atoms with Gasteiger partial charge in [0.25, 0.3) is 5.56 Å². The zero-order chi connectivity index (χ0) is 13.3. The normalized spacial score (nSPS) is 10.6. The van der Waals surface area contributed by atoms with Crippen molar-refractivity contribution in [2.24, 2.45) is 0 Å². The van der Waals surface area contributed by atoms with E-state index in [-0.39, 0.29) is 17.1 Å². The number of aromatic nitrogens is 2. The number of aromatic amines is 1. The van der Waals surface area contributed by atoms with Crippen molar-refractivity contribution in [3.63, 3.8) is 0 Å². The molecule has 0 aliphatic heterocycles. The van der Waals surface area contributed by atoms with Crippen molar-refractivity contribution in [3.05, 3.63) is 37.8 Å². The molecule has 0 aliphatic rings. The van der Waals surface area contributed by atoms with Crippen LogP contribution in [-0.2, 0) is 6.42 Å². The van der Waals surface area contributed by atoms with E-state index in [1.165, 1.54) is 12.1 Å². The van der Waals surface area contributed by atoms with Crippen LogP contribution in [0.2, 0.25) is 0 Å². The molecular weight excluding hydrogens is 347 g/mol. The Morgan fingerprint density at radius 2 is 2.06 bits per heavy atom. The van der Waals surface area contributed by atoms with Gasteiger partial charge in [-0.15, -0.1) is 0 Å². The zero-order valence-electron chi connectivity index (χ0n) is 9.57. The number of benzene rings is 1. The van der Waals surface area contributed by atoms with Crippen molar-refractivity contribution in [2.45, 2.75) is 13.3 Å². The van der Waals surface area contributed by atoms with Gasteiger partial charge in [-0.25, -0.2) is 4.98 Å². The minimum atomic E-state index is -0.244. The van der Waals surface area contributed by atoms with E-state index in [0.29, 0.717) is 27.1 Å². The molecule has 3 N–H and O–H groups in total. The quantitative estimate of drug-likeness (QED) is 0.566. The first-order valence-electron chi connectivity index (χ1n) is 5.34. The van der Waals surface area contributed by atoms with Crippen LogP contribution in [0, 0.1) is 3.57 Å². The molecule has 0 amide bonds. The fourth-order valence-electron chi connectivity index (χ4n) is 1.55. The minimum absolute atomic E-state index is 0.204. The SMILES string of the molecule is CCc1nc(-c2ccc(O)c(O)c2)[nH]c(=O)c1I. The summed E-state index contributed by atoms with van der Waals surface area (Å²) in [5, 5.41) is 18.7. The Hall–Kier alpha value is -1.57. The lowest BCUT2D eigenvalue weighted by Gasteiger charge is -2.06. The topological polar surface area (TPSA) is 86.2 Å². The highest BCUT2D eigenvalue weighted by molar-refractivity contribution is 14.1. The monoisotopic (exact) mass is 358 g/mol. The van der Waals surface area contributed by atoms with E-state index in [9.17, 15) is 15.0 Å². The largest absolute Gasteiger partial charge is 0.504 e. The second kappa shape index (κ2) is 4.97. The molecule has 1 heterocycles. The summed E-state index contributed by atoms with van der Waals surface area (Å²) >= 11 is 1.96. The van der Waals surface area contributed by atoms with Crippen molar-refractivity contribution in [3.8, 4) is 22.9 Å². The number of phenols is 2. The molecule has 0 saturated carbocycles. The molecule has 0 unspecified atom stereocenters. The van der Waals surface area contributed by atoms with Gasteiger partial charge in [0.05, 0.1) is 9.26 Å². The molecule has 0 spiro atoms. The first kappa shape index (κ1) is 12.9. The third-order valence-corrected chi connectivity index (χ3v) is 3.63. The maximum absolute atomic E-state index is 11.7. The van der Waals surface area contributed by atoms with Crippen LogP contribution in [-0.4, -0.2) is 20.2 Å². The van der Waals surface area contributed by atoms with Gasteiger partial charge in [0.15, 0.2) is 11.5 Å². The summed E-state index contributed by atoms with van der Waals surface area (Å²) in [5.74, 6) is -0.0679. The number of hydrogen-bond donors (Lipinski definition) is 3. The lowest BCUT2D eigenvalue weighted by Crippen LogP contribution is -2.15. The molecule has 0 saturated heterocycles. The number of hydrogen-bond acceptors (Lipinski definition) is 4. The van der Waals surface area contributed by atoms with E-state index < -0.39 is 0 Å². The fourth-order valence-corrected chi connectivity index (χ4v) is 2.18. The smallest absolute Gasteiger partial charge is 0.264 e. The second-order valence-electron chi connectivity index (χ2n) is 3.73. The summed E-state index contributed by atoms with van der Waals surface area (Å²) in [6.07, 6.45) is 0.652. The molecular formula is C12H11IN2O3. The van der Waals surface area contributed by atoms with Crippen LogP contribution >= 0.6 is 22.6 Å². The number of aryl methyl sites for hydroxylation is 1. The van der Waals surface area contributed by atoms with E-state index in [0.717, 1.165) is 0 Å². The van der Waals surface area contributed by atoms with Crippen molar-refractivity contribution in [1.29, 1.82) is 0 Å². The average molecular weight is 358 g/mol. The van der Waals surface area contributed by atoms with Crippen LogP contribution < -0.4 is 5.56 Å². The number of H-pyrrole nitrogens is 1. The molecule has 6 heteroatoms. The average Bonchev–Trinajstić information content (AvgIpc) is 2.36. The highest BCUT2D eigenvalue weighted by Gasteiger charge is 2.10. The molecule has 94 valence electrons. The van der Waals surface area contributed by atoms with E-state index in [4.69, 9.17) is 0 Å². The van der Waals surface area contributed by atoms with Gasteiger partial charge in [0.1, 0.15) is 5.82 Å². The van der Waals surface area contributed by atoms with Crippen LogP contribution in [0.5, 0.6) is 11.5 Å². The summed E-state index contributed by atoms with van der Waals surface area (Å²) in [4.78, 5) is 18.7. The van der Waals surface area contributed by atoms with Crippen LogP contribution in [0.3, 0.4) is 0 Å². The number of aromatic hydroxyl groups is 2. The van der Waals surface area contributed by atoms with Gasteiger partial charge >= 0.3 is 0 Å². The third-order valence-electron chi connectivity index (χ3n) is 2.52. The molecule has 2 rings (SSSR count). The first-order valence-corrected chi connectivity index (χ1v) is 6.41. The van der Waals surface area contributed by atoms with Gasteiger partial charge in [-0.3, -0.25) is 4.79 Å². The number of halogens is 1. The van der Waals surface area contributed by atoms with Crippen LogP contribution in [0.4, 0.5) is 0 Å². The van der Waals surface area contributed by atoms with Crippen LogP contribution in [0.15, 0.2) is 23.0 Å². The van der Waals surface area contributed by atoms with E-state index >= 15 is 0 Å². The Morgan fingerprint density at radius 1 is 1.33 bits per heavy atom. The van der Waals surface area contributed by atoms with Gasteiger partial charge in [0.2, 0.25) is 0 Å². The molecule has 5 nitrogen and oxygen atoms in total. The minimum Gasteiger partial charge on any atom is -0.504 e. The molecule has 0 radical (unpaired) electrons. The summed E-state index contributed by atoms with van der Waals surface area (Å²) < 4.78 is 0.571. The van der Waals surface area contributed by atoms with Crippen LogP contribution in [0.25, 0.3) is 11.4 Å². The molecule has 0 bridgehead atoms. The van der Waals surface area contributed by atoms with E-state index in [1.807, 2.05) is 29.5 Å². The van der Waals surface area contributed by atoms with E-state index in [1.54, 1.807) is 6.07 Å². The van der Waals surface area contributed by atoms with Gasteiger partial charge in [-0.2, -0.15) is 0 Å². The lowest BCUT2D eigenvalue weighted by molar-refractivity contribution is 0.404. The van der Waals surface area contributed by atoms with Crippen molar-refractivity contribution in [1.82, 2.24) is 9.97 Å². The molecule has 0 aliphatic carbocycles. The Bertz CT molecular complexity index is 652. The van der Waals surface area contributed by atoms with E-state index in [2.05, 4.69) is 9.97 Å². The summed E-state index contributed by atoms with van der Waals surface area (Å²) in [6, 6.07) is 4.30. The first-order chi connectivity index (χ1) is 8.52. The highest BCUT2D eigenvalue weighted by atomic mass is 127. The standard InChI is InChI=1S/C12H11IN2O3/c1-2-7-10(13)12(18)15-11(14-7)6-3-4-8(16)9(17)5-6/h3-5,16-17H,2H2,1H3,(H,14,15,18). The number of nitrogens with one attached hydrogen (secondary N) is 1. The lowest BCUT2D eigenvalue weighted by atomic mass is 10.2. The third kappa shape index (κ3) is 2.33. The molecule has 1 aromatic heterocycles. The van der Waals surface area contributed by atoms with Crippen molar-refractivity contribution in [2.75, 3.05) is 0 Å². The Kier molecular flexibility index (Phi) is 3.55. The second-order valence-corrected chi connectivity index (χ2v) is 4.81. The fraction of sp³-hybridized carbons (Fsp3) is 0.167. The molecule has 1 aromatic carbocycles. The molecule has 2 aromatic rings. The van der Waals surface area contributed by atoms with Crippen molar-refractivity contribution >= 4 is 22.6 Å². The summed E-state index contributed by atoms with van der Waals surface area (Å²) in [7, 11) is 0. The van der Waals surface area contributed by atoms with Crippen molar-refractivity contribution < 1.29 is 10.2 Å². The summed E-state index contributed by atoms with van der Waals surface area (Å²) in [6.45, 7) is 1.92. The molecule has 0 atom stereocenters. The maximum Gasteiger partial charge on any atom is 0.264 e. The van der Waals surface area contributed by atoms with Gasteiger partial charge in [-0.05, 0) is 47.2 Å². The number of phenolic OH excluding ortho intramolecular Hbond substituents is 2. The van der Waals surface area contributed by atoms with Gasteiger partial charge in [-0.1, -0.05) is 6.92 Å². The maximum atomic E-state index is 11.7. The van der Waals surface area contributed by atoms with Gasteiger partial charge in [0, 0.05) is 5.56 Å². The Labute approximate surface area is 117 Å². The summed E-state index contributed by atoms with van der Waals surface area (Å²) in [5.41, 5.74) is 1.06. The Morgan fingerprint density at radius 3 is 2.67 bits per heavy atom. The number of rotatable bonds is 2. The molecule has 0 fully saturated rings. The van der Waals surface area contributed by atoms with Gasteiger partial charge < -0.3 is 15.2 Å². The Balaban J connectivity index is 2.60. The highest BCUT2D eigenvalue weighted by Crippen LogP contribution is 2.28.